The van der Waals surface area contributed by atoms with Crippen LogP contribution in [0.5, 0.6) is 5.75 Å². The van der Waals surface area contributed by atoms with Gasteiger partial charge in [0.2, 0.25) is 0 Å². The van der Waals surface area contributed by atoms with Gasteiger partial charge in [-0.15, -0.1) is 11.3 Å². The van der Waals surface area contributed by atoms with Crippen molar-refractivity contribution in [3.63, 3.8) is 0 Å². The van der Waals surface area contributed by atoms with Gasteiger partial charge in [0.25, 0.3) is 0 Å². The fourth-order valence-corrected chi connectivity index (χ4v) is 4.00. The molecule has 5 heteroatoms. The first-order valence-electron chi connectivity index (χ1n) is 8.12. The number of rotatable bonds is 3. The van der Waals surface area contributed by atoms with Crippen LogP contribution in [0.25, 0.3) is 11.0 Å². The molecular formula is C20H21BrO3S. The highest BCUT2D eigenvalue weighted by Gasteiger charge is 2.17. The number of hydrogen-bond acceptors (Lipinski definition) is 4. The van der Waals surface area contributed by atoms with E-state index in [1.54, 1.807) is 24.3 Å². The zero-order valence-corrected chi connectivity index (χ0v) is 17.4. The Hall–Kier alpha value is -1.59. The second-order valence-corrected chi connectivity index (χ2v) is 9.21. The highest BCUT2D eigenvalue weighted by atomic mass is 79.9. The standard InChI is InChI=1S/C20H21BrO3S/c1-11-8-14-12(2)18(21)16(9-15(14)24-19(11)22)23-10-13-6-7-17(25-13)20(3,4)5/h6-9H,10H2,1-5H3. The van der Waals surface area contributed by atoms with Gasteiger partial charge in [0.1, 0.15) is 17.9 Å². The smallest absolute Gasteiger partial charge is 0.339 e. The van der Waals surface area contributed by atoms with Crippen LogP contribution in [-0.2, 0) is 12.0 Å². The summed E-state index contributed by atoms with van der Waals surface area (Å²) < 4.78 is 12.3. The second kappa shape index (κ2) is 6.61. The first-order valence-corrected chi connectivity index (χ1v) is 9.73. The molecule has 0 amide bonds. The van der Waals surface area contributed by atoms with Gasteiger partial charge in [-0.2, -0.15) is 0 Å². The number of benzene rings is 1. The van der Waals surface area contributed by atoms with Crippen molar-refractivity contribution in [2.24, 2.45) is 0 Å². The highest BCUT2D eigenvalue weighted by molar-refractivity contribution is 9.10. The lowest BCUT2D eigenvalue weighted by Gasteiger charge is -2.15. The van der Waals surface area contributed by atoms with Crippen LogP contribution in [0.15, 0.2) is 37.9 Å². The maximum Gasteiger partial charge on any atom is 0.339 e. The molecule has 2 aromatic heterocycles. The zero-order chi connectivity index (χ0) is 18.4. The summed E-state index contributed by atoms with van der Waals surface area (Å²) in [6.07, 6.45) is 0. The summed E-state index contributed by atoms with van der Waals surface area (Å²) in [6, 6.07) is 7.91. The third-order valence-electron chi connectivity index (χ3n) is 4.13. The van der Waals surface area contributed by atoms with E-state index >= 15 is 0 Å². The van der Waals surface area contributed by atoms with Gasteiger partial charge in [-0.1, -0.05) is 20.8 Å². The summed E-state index contributed by atoms with van der Waals surface area (Å²) >= 11 is 5.38. The normalized spacial score (nSPS) is 11.9. The minimum atomic E-state index is -0.312. The van der Waals surface area contributed by atoms with Crippen molar-refractivity contribution in [2.75, 3.05) is 0 Å². The number of fused-ring (bicyclic) bond motifs is 1. The molecule has 0 radical (unpaired) electrons. The molecule has 0 fully saturated rings. The van der Waals surface area contributed by atoms with E-state index in [1.165, 1.54) is 9.75 Å². The van der Waals surface area contributed by atoms with Gasteiger partial charge >= 0.3 is 5.63 Å². The van der Waals surface area contributed by atoms with Gasteiger partial charge < -0.3 is 9.15 Å². The Bertz CT molecular complexity index is 993. The topological polar surface area (TPSA) is 39.4 Å². The molecule has 0 aliphatic heterocycles. The van der Waals surface area contributed by atoms with E-state index in [0.29, 0.717) is 23.5 Å². The molecule has 0 saturated carbocycles. The average Bonchev–Trinajstić information content (AvgIpc) is 3.01. The molecule has 0 aliphatic rings. The van der Waals surface area contributed by atoms with Gasteiger partial charge in [0.15, 0.2) is 0 Å². The summed E-state index contributed by atoms with van der Waals surface area (Å²) in [4.78, 5) is 14.3. The quantitative estimate of drug-likeness (QED) is 0.479. The Balaban J connectivity index is 1.91. The molecule has 0 saturated heterocycles. The van der Waals surface area contributed by atoms with E-state index in [1.807, 2.05) is 13.0 Å². The third kappa shape index (κ3) is 3.67. The maximum atomic E-state index is 11.8. The Kier molecular flexibility index (Phi) is 4.82. The fourth-order valence-electron chi connectivity index (χ4n) is 2.58. The second-order valence-electron chi connectivity index (χ2n) is 7.25. The van der Waals surface area contributed by atoms with Crippen LogP contribution in [0, 0.1) is 13.8 Å². The monoisotopic (exact) mass is 420 g/mol. The van der Waals surface area contributed by atoms with E-state index < -0.39 is 0 Å². The molecule has 0 N–H and O–H groups in total. The van der Waals surface area contributed by atoms with E-state index in [2.05, 4.69) is 48.8 Å². The highest BCUT2D eigenvalue weighted by Crippen LogP contribution is 2.36. The molecule has 2 heterocycles. The molecule has 0 bridgehead atoms. The van der Waals surface area contributed by atoms with Crippen LogP contribution in [0.3, 0.4) is 0 Å². The van der Waals surface area contributed by atoms with Crippen LogP contribution in [0.2, 0.25) is 0 Å². The van der Waals surface area contributed by atoms with Crippen LogP contribution in [0.4, 0.5) is 0 Å². The number of halogens is 1. The van der Waals surface area contributed by atoms with Gasteiger partial charge in [-0.05, 0) is 59.0 Å². The molecule has 0 aliphatic carbocycles. The van der Waals surface area contributed by atoms with Gasteiger partial charge in [0.05, 0.1) is 4.47 Å². The number of hydrogen-bond donors (Lipinski definition) is 0. The van der Waals surface area contributed by atoms with E-state index in [-0.39, 0.29) is 11.0 Å². The number of ether oxygens (including phenoxy) is 1. The summed E-state index contributed by atoms with van der Waals surface area (Å²) in [5.74, 6) is 0.683. The summed E-state index contributed by atoms with van der Waals surface area (Å²) in [6.45, 7) is 10.8. The van der Waals surface area contributed by atoms with Crippen LogP contribution in [0.1, 0.15) is 41.7 Å². The van der Waals surface area contributed by atoms with E-state index in [0.717, 1.165) is 15.4 Å². The van der Waals surface area contributed by atoms with Crippen molar-refractivity contribution in [1.29, 1.82) is 0 Å². The van der Waals surface area contributed by atoms with Gasteiger partial charge in [-0.3, -0.25) is 0 Å². The molecule has 0 unspecified atom stereocenters. The summed E-state index contributed by atoms with van der Waals surface area (Å²) in [7, 11) is 0. The Labute approximate surface area is 159 Å². The van der Waals surface area contributed by atoms with Gasteiger partial charge in [0, 0.05) is 26.8 Å². The third-order valence-corrected chi connectivity index (χ3v) is 6.60. The minimum absolute atomic E-state index is 0.143. The molecule has 132 valence electrons. The van der Waals surface area contributed by atoms with Crippen molar-refractivity contribution < 1.29 is 9.15 Å². The molecule has 3 rings (SSSR count). The summed E-state index contributed by atoms with van der Waals surface area (Å²) in [5, 5.41) is 0.919. The predicted octanol–water partition coefficient (Wildman–Crippen LogP) is 6.11. The molecule has 0 spiro atoms. The zero-order valence-electron chi connectivity index (χ0n) is 15.0. The molecule has 0 atom stereocenters. The van der Waals surface area contributed by atoms with Crippen LogP contribution >= 0.6 is 27.3 Å². The number of aryl methyl sites for hydroxylation is 2. The van der Waals surface area contributed by atoms with Gasteiger partial charge in [-0.25, -0.2) is 4.79 Å². The maximum absolute atomic E-state index is 11.8. The molecular weight excluding hydrogens is 400 g/mol. The Morgan fingerprint density at radius 3 is 2.56 bits per heavy atom. The first-order chi connectivity index (χ1) is 11.7. The van der Waals surface area contributed by atoms with Crippen molar-refractivity contribution in [1.82, 2.24) is 0 Å². The lowest BCUT2D eigenvalue weighted by Crippen LogP contribution is -2.07. The van der Waals surface area contributed by atoms with Crippen molar-refractivity contribution in [3.05, 3.63) is 60.0 Å². The van der Waals surface area contributed by atoms with Crippen molar-refractivity contribution >= 4 is 38.2 Å². The summed E-state index contributed by atoms with van der Waals surface area (Å²) in [5.41, 5.74) is 1.98. The lowest BCUT2D eigenvalue weighted by molar-refractivity contribution is 0.307. The molecule has 1 aromatic carbocycles. The van der Waals surface area contributed by atoms with E-state index in [9.17, 15) is 4.79 Å². The van der Waals surface area contributed by atoms with Crippen LogP contribution < -0.4 is 10.4 Å². The molecule has 3 nitrogen and oxygen atoms in total. The predicted molar refractivity (Wildman–Crippen MR) is 107 cm³/mol. The SMILES string of the molecule is Cc1cc2c(C)c(Br)c(OCc3ccc(C(C)(C)C)s3)cc2oc1=O. The minimum Gasteiger partial charge on any atom is -0.487 e. The fraction of sp³-hybridized carbons (Fsp3) is 0.350. The Morgan fingerprint density at radius 1 is 1.20 bits per heavy atom. The molecule has 3 aromatic rings. The average molecular weight is 421 g/mol. The largest absolute Gasteiger partial charge is 0.487 e. The molecule has 25 heavy (non-hydrogen) atoms. The number of thiophene rings is 1. The van der Waals surface area contributed by atoms with Crippen molar-refractivity contribution in [2.45, 2.75) is 46.6 Å². The Morgan fingerprint density at radius 2 is 1.92 bits per heavy atom. The van der Waals surface area contributed by atoms with Crippen molar-refractivity contribution in [3.8, 4) is 5.75 Å². The lowest BCUT2D eigenvalue weighted by atomic mass is 9.95. The van der Waals surface area contributed by atoms with Crippen LogP contribution in [-0.4, -0.2) is 0 Å². The first kappa shape index (κ1) is 18.2. The van der Waals surface area contributed by atoms with E-state index in [4.69, 9.17) is 9.15 Å².